The molecule has 0 aromatic heterocycles. The first kappa shape index (κ1) is 32.7. The van der Waals surface area contributed by atoms with Gasteiger partial charge < -0.3 is 40.0 Å². The van der Waals surface area contributed by atoms with Crippen molar-refractivity contribution < 1.29 is 34.0 Å². The fourth-order valence-electron chi connectivity index (χ4n) is 3.95. The van der Waals surface area contributed by atoms with E-state index in [1.54, 1.807) is 0 Å². The van der Waals surface area contributed by atoms with Crippen LogP contribution in [0.1, 0.15) is 70.6 Å². The van der Waals surface area contributed by atoms with Gasteiger partial charge in [0.2, 0.25) is 11.8 Å². The summed E-state index contributed by atoms with van der Waals surface area (Å²) >= 11 is 0. The Balaban J connectivity index is 1.74. The lowest BCUT2D eigenvalue weighted by atomic mass is 10.1. The minimum absolute atomic E-state index is 0.0630. The van der Waals surface area contributed by atoms with Crippen molar-refractivity contribution in [2.45, 2.75) is 76.7 Å². The van der Waals surface area contributed by atoms with Crippen molar-refractivity contribution in [2.24, 2.45) is 0 Å². The highest BCUT2D eigenvalue weighted by molar-refractivity contribution is 5.76. The minimum Gasteiger partial charge on any atom is -0.394 e. The number of hydrogen-bond donors (Lipinski definition) is 4. The maximum atomic E-state index is 11.9. The van der Waals surface area contributed by atoms with Crippen LogP contribution in [-0.2, 0) is 23.8 Å². The summed E-state index contributed by atoms with van der Waals surface area (Å²) < 4.78 is 16.3. The number of ether oxygens (including phenoxy) is 3. The second-order valence-corrected chi connectivity index (χ2v) is 9.33. The molecule has 10 heteroatoms. The SMILES string of the molecule is O=C(CCCCCN1CCCCC1)NCCOCCOCCOCCC(=O)NCCCCC(O)CO. The number of carbonyl (C=O) groups is 2. The molecule has 1 fully saturated rings. The zero-order chi connectivity index (χ0) is 26.1. The Labute approximate surface area is 217 Å². The molecule has 36 heavy (non-hydrogen) atoms. The van der Waals surface area contributed by atoms with Crippen LogP contribution in [0.2, 0.25) is 0 Å². The minimum atomic E-state index is -0.672. The van der Waals surface area contributed by atoms with Gasteiger partial charge in [-0.25, -0.2) is 0 Å². The molecular formula is C26H51N3O7. The molecule has 1 saturated heterocycles. The number of piperidine rings is 1. The van der Waals surface area contributed by atoms with Crippen LogP contribution in [-0.4, -0.2) is 112 Å². The molecule has 1 unspecified atom stereocenters. The number of carbonyl (C=O) groups excluding carboxylic acids is 2. The van der Waals surface area contributed by atoms with Crippen LogP contribution in [0.25, 0.3) is 0 Å². The van der Waals surface area contributed by atoms with Crippen molar-refractivity contribution in [2.75, 3.05) is 79.0 Å². The van der Waals surface area contributed by atoms with Gasteiger partial charge in [-0.05, 0) is 64.6 Å². The van der Waals surface area contributed by atoms with Gasteiger partial charge in [0.05, 0.1) is 52.4 Å². The van der Waals surface area contributed by atoms with E-state index in [1.807, 2.05) is 0 Å². The largest absolute Gasteiger partial charge is 0.394 e. The molecule has 4 N–H and O–H groups in total. The molecule has 212 valence electrons. The standard InChI is InChI=1S/C26H51N3O7/c30-23-24(31)9-4-5-12-27-26(33)11-17-34-19-21-36-22-20-35-18-13-28-25(32)10-3-1-6-14-29-15-7-2-8-16-29/h24,30-31H,1-23H2,(H,27,33)(H,28,32). The van der Waals surface area contributed by atoms with Gasteiger partial charge in [0.15, 0.2) is 0 Å². The van der Waals surface area contributed by atoms with Crippen molar-refractivity contribution >= 4 is 11.8 Å². The number of nitrogens with zero attached hydrogens (tertiary/aromatic N) is 1. The Morgan fingerprint density at radius 3 is 2.08 bits per heavy atom. The molecule has 0 bridgehead atoms. The van der Waals surface area contributed by atoms with Crippen molar-refractivity contribution in [1.29, 1.82) is 0 Å². The van der Waals surface area contributed by atoms with Crippen LogP contribution in [0.15, 0.2) is 0 Å². The summed E-state index contributed by atoms with van der Waals surface area (Å²) in [4.78, 5) is 26.1. The predicted octanol–water partition coefficient (Wildman–Crippen LogP) is 1.23. The van der Waals surface area contributed by atoms with Gasteiger partial charge in [-0.3, -0.25) is 9.59 Å². The van der Waals surface area contributed by atoms with Crippen LogP contribution < -0.4 is 10.6 Å². The number of amides is 2. The lowest BCUT2D eigenvalue weighted by molar-refractivity contribution is -0.122. The third-order valence-electron chi connectivity index (χ3n) is 6.11. The van der Waals surface area contributed by atoms with Crippen LogP contribution in [0, 0.1) is 0 Å². The second-order valence-electron chi connectivity index (χ2n) is 9.33. The molecule has 1 aliphatic heterocycles. The van der Waals surface area contributed by atoms with E-state index in [4.69, 9.17) is 19.3 Å². The summed E-state index contributed by atoms with van der Waals surface area (Å²) in [5.41, 5.74) is 0. The average molecular weight is 518 g/mol. The number of aliphatic hydroxyl groups excluding tert-OH is 2. The molecule has 0 aromatic carbocycles. The molecule has 1 rings (SSSR count). The topological polar surface area (TPSA) is 130 Å². The number of unbranched alkanes of at least 4 members (excludes halogenated alkanes) is 3. The Hall–Kier alpha value is -1.30. The van der Waals surface area contributed by atoms with E-state index in [0.717, 1.165) is 25.7 Å². The van der Waals surface area contributed by atoms with Crippen LogP contribution >= 0.6 is 0 Å². The number of nitrogens with one attached hydrogen (secondary N) is 2. The van der Waals surface area contributed by atoms with E-state index in [0.29, 0.717) is 72.0 Å². The van der Waals surface area contributed by atoms with Gasteiger partial charge in [-0.15, -0.1) is 0 Å². The van der Waals surface area contributed by atoms with E-state index in [1.165, 1.54) is 45.3 Å². The maximum absolute atomic E-state index is 11.9. The number of hydrogen-bond acceptors (Lipinski definition) is 8. The van der Waals surface area contributed by atoms with Crippen LogP contribution in [0.3, 0.4) is 0 Å². The smallest absolute Gasteiger partial charge is 0.222 e. The normalized spacial score (nSPS) is 15.1. The molecule has 0 radical (unpaired) electrons. The Morgan fingerprint density at radius 1 is 0.722 bits per heavy atom. The van der Waals surface area contributed by atoms with E-state index in [9.17, 15) is 14.7 Å². The Bertz CT molecular complexity index is 534. The fraction of sp³-hybridized carbons (Fsp3) is 0.923. The predicted molar refractivity (Wildman–Crippen MR) is 139 cm³/mol. The van der Waals surface area contributed by atoms with Crippen molar-refractivity contribution in [3.63, 3.8) is 0 Å². The Kier molecular flexibility index (Phi) is 21.9. The van der Waals surface area contributed by atoms with Gasteiger partial charge in [-0.2, -0.15) is 0 Å². The highest BCUT2D eigenvalue weighted by Gasteiger charge is 2.09. The average Bonchev–Trinajstić information content (AvgIpc) is 2.89. The summed E-state index contributed by atoms with van der Waals surface area (Å²) in [5.74, 6) is 0.0310. The quantitative estimate of drug-likeness (QED) is 0.141. The highest BCUT2D eigenvalue weighted by atomic mass is 16.5. The molecule has 10 nitrogen and oxygen atoms in total. The fourth-order valence-corrected chi connectivity index (χ4v) is 3.95. The molecular weight excluding hydrogens is 466 g/mol. The first-order chi connectivity index (χ1) is 17.6. The van der Waals surface area contributed by atoms with E-state index < -0.39 is 6.10 Å². The number of likely N-dealkylation sites (tertiary alicyclic amines) is 1. The molecule has 0 spiro atoms. The monoisotopic (exact) mass is 517 g/mol. The Morgan fingerprint density at radius 2 is 1.36 bits per heavy atom. The summed E-state index contributed by atoms with van der Waals surface area (Å²) in [5, 5.41) is 23.7. The van der Waals surface area contributed by atoms with Crippen LogP contribution in [0.4, 0.5) is 0 Å². The van der Waals surface area contributed by atoms with Crippen molar-refractivity contribution in [1.82, 2.24) is 15.5 Å². The lowest BCUT2D eigenvalue weighted by Gasteiger charge is -2.26. The third-order valence-corrected chi connectivity index (χ3v) is 6.11. The summed E-state index contributed by atoms with van der Waals surface area (Å²) in [6.45, 7) is 7.08. The zero-order valence-electron chi connectivity index (χ0n) is 22.2. The first-order valence-electron chi connectivity index (χ1n) is 13.9. The summed E-state index contributed by atoms with van der Waals surface area (Å²) in [6.07, 6.45) is 9.53. The maximum Gasteiger partial charge on any atom is 0.222 e. The molecule has 0 aliphatic carbocycles. The molecule has 1 heterocycles. The van der Waals surface area contributed by atoms with Gasteiger partial charge in [0.25, 0.3) is 0 Å². The molecule has 1 aliphatic rings. The zero-order valence-corrected chi connectivity index (χ0v) is 22.2. The van der Waals surface area contributed by atoms with Gasteiger partial charge in [0, 0.05) is 25.9 Å². The van der Waals surface area contributed by atoms with Gasteiger partial charge in [0.1, 0.15) is 0 Å². The highest BCUT2D eigenvalue weighted by Crippen LogP contribution is 2.10. The summed E-state index contributed by atoms with van der Waals surface area (Å²) in [7, 11) is 0. The first-order valence-corrected chi connectivity index (χ1v) is 13.9. The number of rotatable bonds is 24. The number of aliphatic hydroxyl groups is 2. The molecule has 1 atom stereocenters. The second kappa shape index (κ2) is 24.1. The van der Waals surface area contributed by atoms with E-state index >= 15 is 0 Å². The summed E-state index contributed by atoms with van der Waals surface area (Å²) in [6, 6.07) is 0. The molecule has 2 amide bonds. The lowest BCUT2D eigenvalue weighted by Crippen LogP contribution is -2.30. The van der Waals surface area contributed by atoms with Gasteiger partial charge in [-0.1, -0.05) is 12.8 Å². The third kappa shape index (κ3) is 20.8. The van der Waals surface area contributed by atoms with Crippen LogP contribution in [0.5, 0.6) is 0 Å². The van der Waals surface area contributed by atoms with Crippen molar-refractivity contribution in [3.8, 4) is 0 Å². The van der Waals surface area contributed by atoms with E-state index in [2.05, 4.69) is 15.5 Å². The molecule has 0 aromatic rings. The van der Waals surface area contributed by atoms with Gasteiger partial charge >= 0.3 is 0 Å². The molecule has 0 saturated carbocycles. The van der Waals surface area contributed by atoms with E-state index in [-0.39, 0.29) is 18.4 Å². The van der Waals surface area contributed by atoms with Crippen molar-refractivity contribution in [3.05, 3.63) is 0 Å².